The first-order chi connectivity index (χ1) is 11.2. The highest BCUT2D eigenvalue weighted by molar-refractivity contribution is 5.85. The first-order valence-electron chi connectivity index (χ1n) is 8.05. The summed E-state index contributed by atoms with van der Waals surface area (Å²) in [5.74, 6) is 1.34. The Balaban J connectivity index is 0.00000288. The summed E-state index contributed by atoms with van der Waals surface area (Å²) in [6, 6.07) is 8.04. The van der Waals surface area contributed by atoms with Crippen LogP contribution in [0, 0.1) is 5.92 Å². The quantitative estimate of drug-likeness (QED) is 0.704. The highest BCUT2D eigenvalue weighted by atomic mass is 35.5. The summed E-state index contributed by atoms with van der Waals surface area (Å²) < 4.78 is 10.6. The van der Waals surface area contributed by atoms with Gasteiger partial charge in [0, 0.05) is 33.3 Å². The molecular formula is C17H29Cl2N3O3. The molecule has 1 aromatic carbocycles. The third kappa shape index (κ3) is 6.90. The molecule has 1 heterocycles. The van der Waals surface area contributed by atoms with Crippen LogP contribution in [0.4, 0.5) is 5.69 Å². The van der Waals surface area contributed by atoms with Crippen molar-refractivity contribution in [1.82, 2.24) is 5.32 Å². The van der Waals surface area contributed by atoms with E-state index in [4.69, 9.17) is 15.2 Å². The van der Waals surface area contributed by atoms with E-state index in [0.717, 1.165) is 30.9 Å². The number of anilines is 1. The van der Waals surface area contributed by atoms with Crippen molar-refractivity contribution >= 4 is 36.4 Å². The molecular weight excluding hydrogens is 365 g/mol. The predicted octanol–water partition coefficient (Wildman–Crippen LogP) is 1.85. The minimum atomic E-state index is -0.205. The fourth-order valence-corrected chi connectivity index (χ4v) is 2.91. The maximum absolute atomic E-state index is 11.9. The van der Waals surface area contributed by atoms with Crippen molar-refractivity contribution in [2.24, 2.45) is 11.7 Å². The van der Waals surface area contributed by atoms with E-state index in [1.54, 1.807) is 14.2 Å². The van der Waals surface area contributed by atoms with Gasteiger partial charge in [0.15, 0.2) is 0 Å². The van der Waals surface area contributed by atoms with Crippen molar-refractivity contribution in [1.29, 1.82) is 0 Å². The van der Waals surface area contributed by atoms with E-state index in [-0.39, 0.29) is 36.8 Å². The highest BCUT2D eigenvalue weighted by Gasteiger charge is 2.25. The molecule has 0 radical (unpaired) electrons. The summed E-state index contributed by atoms with van der Waals surface area (Å²) in [5, 5.41) is 2.99. The van der Waals surface area contributed by atoms with E-state index >= 15 is 0 Å². The zero-order chi connectivity index (χ0) is 16.7. The molecule has 1 saturated heterocycles. The lowest BCUT2D eigenvalue weighted by molar-refractivity contribution is -0.123. The van der Waals surface area contributed by atoms with Gasteiger partial charge >= 0.3 is 0 Å². The number of carbonyl (C=O) groups excluding carboxylic acids is 1. The molecule has 2 unspecified atom stereocenters. The fourth-order valence-electron chi connectivity index (χ4n) is 2.91. The third-order valence-corrected chi connectivity index (χ3v) is 4.31. The normalized spacial score (nSPS) is 17.2. The van der Waals surface area contributed by atoms with Crippen LogP contribution in [0.2, 0.25) is 0 Å². The molecule has 0 bridgehead atoms. The molecule has 8 heteroatoms. The Bertz CT molecular complexity index is 516. The molecule has 1 fully saturated rings. The summed E-state index contributed by atoms with van der Waals surface area (Å²) in [5.41, 5.74) is 6.65. The molecule has 6 nitrogen and oxygen atoms in total. The lowest BCUT2D eigenvalue weighted by Crippen LogP contribution is -2.35. The van der Waals surface area contributed by atoms with Crippen molar-refractivity contribution in [3.8, 4) is 5.75 Å². The van der Waals surface area contributed by atoms with Crippen molar-refractivity contribution in [2.75, 3.05) is 45.3 Å². The summed E-state index contributed by atoms with van der Waals surface area (Å²) in [6.45, 7) is 2.94. The number of carbonyl (C=O) groups is 1. The van der Waals surface area contributed by atoms with Gasteiger partial charge in [-0.15, -0.1) is 24.8 Å². The molecule has 0 aromatic heterocycles. The van der Waals surface area contributed by atoms with E-state index in [1.165, 1.54) is 0 Å². The van der Waals surface area contributed by atoms with Crippen molar-refractivity contribution in [2.45, 2.75) is 18.9 Å². The monoisotopic (exact) mass is 393 g/mol. The molecule has 1 aliphatic rings. The average Bonchev–Trinajstić information content (AvgIpc) is 3.06. The van der Waals surface area contributed by atoms with Crippen molar-refractivity contribution in [3.05, 3.63) is 24.3 Å². The molecule has 0 spiro atoms. The topological polar surface area (TPSA) is 76.8 Å². The lowest BCUT2D eigenvalue weighted by Gasteiger charge is -2.21. The van der Waals surface area contributed by atoms with Crippen LogP contribution in [0.5, 0.6) is 5.75 Å². The van der Waals surface area contributed by atoms with Gasteiger partial charge in [0.25, 0.3) is 0 Å². The second-order valence-corrected chi connectivity index (χ2v) is 5.87. The largest absolute Gasteiger partial charge is 0.495 e. The van der Waals surface area contributed by atoms with Crippen molar-refractivity contribution < 1.29 is 14.3 Å². The number of nitrogens with one attached hydrogen (secondary N) is 1. The molecule has 1 amide bonds. The summed E-state index contributed by atoms with van der Waals surface area (Å²) in [4.78, 5) is 14.2. The highest BCUT2D eigenvalue weighted by Crippen LogP contribution is 2.31. The van der Waals surface area contributed by atoms with Gasteiger partial charge in [0.05, 0.1) is 25.3 Å². The number of ether oxygens (including phenoxy) is 2. The van der Waals surface area contributed by atoms with Gasteiger partial charge in [-0.25, -0.2) is 0 Å². The third-order valence-electron chi connectivity index (χ3n) is 4.31. The maximum atomic E-state index is 11.9. The van der Waals surface area contributed by atoms with Crippen LogP contribution < -0.4 is 20.7 Å². The minimum Gasteiger partial charge on any atom is -0.495 e. The number of rotatable bonds is 8. The minimum absolute atomic E-state index is 0. The molecule has 2 atom stereocenters. The molecule has 0 aliphatic carbocycles. The maximum Gasteiger partial charge on any atom is 0.222 e. The second kappa shape index (κ2) is 12.2. The number of methoxy groups -OCH3 is 2. The molecule has 3 N–H and O–H groups in total. The van der Waals surface area contributed by atoms with Crippen LogP contribution in [0.25, 0.3) is 0 Å². The van der Waals surface area contributed by atoms with Crippen molar-refractivity contribution in [3.63, 3.8) is 0 Å². The number of para-hydroxylation sites is 2. The van der Waals surface area contributed by atoms with Gasteiger partial charge in [-0.1, -0.05) is 12.1 Å². The molecule has 1 aromatic rings. The number of nitrogens with zero attached hydrogens (tertiary/aromatic N) is 1. The number of amides is 1. The van der Waals surface area contributed by atoms with Crippen LogP contribution in [-0.4, -0.2) is 52.4 Å². The Morgan fingerprint density at radius 2 is 2.08 bits per heavy atom. The number of hydrogen-bond donors (Lipinski definition) is 2. The summed E-state index contributed by atoms with van der Waals surface area (Å²) >= 11 is 0. The standard InChI is InChI=1S/C17H27N3O3.2ClH/c1-22-14(10-18)9-17(21)19-11-13-7-8-20(12-13)15-5-3-4-6-16(15)23-2;;/h3-6,13-14H,7-12,18H2,1-2H3,(H,19,21);2*1H. The Hall–Kier alpha value is -1.21. The molecule has 1 aliphatic heterocycles. The Kier molecular flexibility index (Phi) is 11.6. The van der Waals surface area contributed by atoms with Crippen LogP contribution in [0.15, 0.2) is 24.3 Å². The van der Waals surface area contributed by atoms with Gasteiger partial charge in [-0.05, 0) is 24.5 Å². The van der Waals surface area contributed by atoms with Crippen LogP contribution in [-0.2, 0) is 9.53 Å². The zero-order valence-electron chi connectivity index (χ0n) is 14.8. The smallest absolute Gasteiger partial charge is 0.222 e. The average molecular weight is 394 g/mol. The first-order valence-corrected chi connectivity index (χ1v) is 8.05. The number of hydrogen-bond acceptors (Lipinski definition) is 5. The van der Waals surface area contributed by atoms with Crippen LogP contribution in [0.1, 0.15) is 12.8 Å². The van der Waals surface area contributed by atoms with E-state index in [9.17, 15) is 4.79 Å². The Labute approximate surface area is 162 Å². The zero-order valence-corrected chi connectivity index (χ0v) is 16.4. The van der Waals surface area contributed by atoms with Gasteiger partial charge in [0.1, 0.15) is 5.75 Å². The lowest BCUT2D eigenvalue weighted by atomic mass is 10.1. The first kappa shape index (κ1) is 23.8. The van der Waals surface area contributed by atoms with E-state index in [2.05, 4.69) is 16.3 Å². The number of nitrogens with two attached hydrogens (primary N) is 1. The Morgan fingerprint density at radius 1 is 1.36 bits per heavy atom. The summed E-state index contributed by atoms with van der Waals surface area (Å²) in [7, 11) is 3.27. The SMILES string of the molecule is COc1ccccc1N1CCC(CNC(=O)CC(CN)OC)C1.Cl.Cl. The van der Waals surface area contributed by atoms with Gasteiger partial charge in [-0.2, -0.15) is 0 Å². The molecule has 144 valence electrons. The summed E-state index contributed by atoms with van der Waals surface area (Å²) in [6.07, 6.45) is 1.17. The molecule has 0 saturated carbocycles. The van der Waals surface area contributed by atoms with E-state index in [1.807, 2.05) is 18.2 Å². The predicted molar refractivity (Wildman–Crippen MR) is 105 cm³/mol. The number of halogens is 2. The van der Waals surface area contributed by atoms with Gasteiger partial charge < -0.3 is 25.4 Å². The molecule has 25 heavy (non-hydrogen) atoms. The van der Waals surface area contributed by atoms with Crippen LogP contribution in [0.3, 0.4) is 0 Å². The fraction of sp³-hybridized carbons (Fsp3) is 0.588. The van der Waals surface area contributed by atoms with E-state index in [0.29, 0.717) is 25.4 Å². The molecule has 2 rings (SSSR count). The van der Waals surface area contributed by atoms with E-state index < -0.39 is 0 Å². The number of benzene rings is 1. The van der Waals surface area contributed by atoms with Gasteiger partial charge in [0.2, 0.25) is 5.91 Å². The van der Waals surface area contributed by atoms with Gasteiger partial charge in [-0.3, -0.25) is 4.79 Å². The van der Waals surface area contributed by atoms with Crippen LogP contribution >= 0.6 is 24.8 Å². The Morgan fingerprint density at radius 3 is 2.72 bits per heavy atom. The second-order valence-electron chi connectivity index (χ2n) is 5.87.